The first kappa shape index (κ1) is 24.9. The number of aliphatic hydroxyl groups is 1. The molecule has 0 unspecified atom stereocenters. The van der Waals surface area contributed by atoms with Crippen LogP contribution in [0.5, 0.6) is 17.2 Å². The Hall–Kier alpha value is -4.37. The minimum atomic E-state index is -0.907. The maximum atomic E-state index is 13.6. The minimum Gasteiger partial charge on any atom is -0.507 e. The van der Waals surface area contributed by atoms with Crippen molar-refractivity contribution in [1.82, 2.24) is 4.98 Å². The second kappa shape index (κ2) is 9.74. The van der Waals surface area contributed by atoms with Crippen molar-refractivity contribution in [3.05, 3.63) is 82.9 Å². The Labute approximate surface area is 229 Å². The number of aliphatic hydroxyl groups excluding tert-OH is 1. The van der Waals surface area contributed by atoms with Crippen LogP contribution in [0.25, 0.3) is 16.0 Å². The molecule has 2 aliphatic rings. The van der Waals surface area contributed by atoms with Gasteiger partial charge in [-0.25, -0.2) is 4.98 Å². The summed E-state index contributed by atoms with van der Waals surface area (Å²) in [6.45, 7) is 4.41. The van der Waals surface area contributed by atoms with Crippen molar-refractivity contribution in [2.75, 3.05) is 18.6 Å². The molecule has 4 aromatic rings. The fourth-order valence-electron chi connectivity index (χ4n) is 5.13. The predicted octanol–water partition coefficient (Wildman–Crippen LogP) is 5.65. The third-order valence-corrected chi connectivity index (χ3v) is 7.91. The van der Waals surface area contributed by atoms with Crippen molar-refractivity contribution in [3.63, 3.8) is 0 Å². The first-order valence-corrected chi connectivity index (χ1v) is 13.5. The number of rotatable bonds is 6. The molecule has 1 N–H and O–H groups in total. The lowest BCUT2D eigenvalue weighted by atomic mass is 9.94. The number of thiazole rings is 1. The highest BCUT2D eigenvalue weighted by atomic mass is 32.1. The number of benzene rings is 3. The van der Waals surface area contributed by atoms with Crippen molar-refractivity contribution >= 4 is 44.1 Å². The zero-order chi connectivity index (χ0) is 27.3. The molecule has 0 bridgehead atoms. The van der Waals surface area contributed by atoms with Crippen LogP contribution in [0.3, 0.4) is 0 Å². The van der Waals surface area contributed by atoms with Crippen LogP contribution in [-0.2, 0) is 16.0 Å². The van der Waals surface area contributed by atoms with E-state index >= 15 is 0 Å². The van der Waals surface area contributed by atoms with Gasteiger partial charge in [-0.2, -0.15) is 0 Å². The van der Waals surface area contributed by atoms with Crippen LogP contribution in [0.4, 0.5) is 5.13 Å². The van der Waals surface area contributed by atoms with Gasteiger partial charge in [0, 0.05) is 12.0 Å². The number of methoxy groups -OCH3 is 1. The van der Waals surface area contributed by atoms with Crippen LogP contribution in [0.15, 0.2) is 66.2 Å². The Morgan fingerprint density at radius 3 is 2.77 bits per heavy atom. The summed E-state index contributed by atoms with van der Waals surface area (Å²) in [5.41, 5.74) is 2.67. The van der Waals surface area contributed by atoms with Crippen LogP contribution in [-0.4, -0.2) is 41.6 Å². The molecule has 2 atom stereocenters. The fraction of sp³-hybridized carbons (Fsp3) is 0.233. The number of anilines is 1. The summed E-state index contributed by atoms with van der Waals surface area (Å²) in [5, 5.41) is 11.9. The molecule has 6 rings (SSSR count). The average Bonchev–Trinajstić information content (AvgIpc) is 3.60. The molecule has 2 aliphatic heterocycles. The van der Waals surface area contributed by atoms with E-state index in [1.54, 1.807) is 43.5 Å². The van der Waals surface area contributed by atoms with Gasteiger partial charge in [0.15, 0.2) is 5.13 Å². The lowest BCUT2D eigenvalue weighted by Crippen LogP contribution is -2.29. The van der Waals surface area contributed by atoms with Gasteiger partial charge in [0.1, 0.15) is 29.1 Å². The number of carbonyl (C=O) groups is 2. The van der Waals surface area contributed by atoms with E-state index in [0.29, 0.717) is 46.3 Å². The van der Waals surface area contributed by atoms with E-state index in [1.807, 2.05) is 38.1 Å². The van der Waals surface area contributed by atoms with Crippen LogP contribution >= 0.6 is 11.3 Å². The largest absolute Gasteiger partial charge is 0.507 e. The first-order chi connectivity index (χ1) is 18.9. The van der Waals surface area contributed by atoms with Crippen molar-refractivity contribution in [3.8, 4) is 17.2 Å². The summed E-state index contributed by atoms with van der Waals surface area (Å²) in [6, 6.07) is 17.0. The van der Waals surface area contributed by atoms with Gasteiger partial charge in [-0.15, -0.1) is 0 Å². The van der Waals surface area contributed by atoms with Crippen molar-refractivity contribution in [1.29, 1.82) is 0 Å². The summed E-state index contributed by atoms with van der Waals surface area (Å²) in [5.74, 6) is 0.232. The second-order valence-corrected chi connectivity index (χ2v) is 10.5. The van der Waals surface area contributed by atoms with Gasteiger partial charge < -0.3 is 19.3 Å². The molecule has 1 saturated heterocycles. The van der Waals surface area contributed by atoms with Crippen LogP contribution in [0, 0.1) is 0 Å². The maximum absolute atomic E-state index is 13.6. The normalized spacial score (nSPS) is 19.8. The quantitative estimate of drug-likeness (QED) is 0.191. The number of fused-ring (bicyclic) bond motifs is 2. The number of carbonyl (C=O) groups excluding carboxylic acids is 2. The number of amides is 1. The van der Waals surface area contributed by atoms with Crippen molar-refractivity contribution in [2.24, 2.45) is 0 Å². The predicted molar refractivity (Wildman–Crippen MR) is 149 cm³/mol. The SMILES string of the molecule is CCOc1ccc2nc(N3C(=O)C(=O)/C(=C(/O)c4ccc5c(c4)C[C@@H](C)O5)[C@@H]3c3cccc(OC)c3)sc2c1. The highest BCUT2D eigenvalue weighted by molar-refractivity contribution is 7.22. The van der Waals surface area contributed by atoms with Gasteiger partial charge in [-0.05, 0) is 73.5 Å². The molecule has 0 aliphatic carbocycles. The molecular weight excluding hydrogens is 516 g/mol. The van der Waals surface area contributed by atoms with Gasteiger partial charge >= 0.3 is 5.91 Å². The van der Waals surface area contributed by atoms with Crippen molar-refractivity contribution < 1.29 is 28.9 Å². The first-order valence-electron chi connectivity index (χ1n) is 12.7. The van der Waals surface area contributed by atoms with E-state index in [-0.39, 0.29) is 17.4 Å². The molecule has 1 fully saturated rings. The van der Waals surface area contributed by atoms with E-state index in [1.165, 1.54) is 16.2 Å². The third-order valence-electron chi connectivity index (χ3n) is 6.89. The van der Waals surface area contributed by atoms with Gasteiger partial charge in [-0.1, -0.05) is 23.5 Å². The summed E-state index contributed by atoms with van der Waals surface area (Å²) < 4.78 is 17.7. The smallest absolute Gasteiger partial charge is 0.301 e. The molecule has 1 aromatic heterocycles. The highest BCUT2D eigenvalue weighted by Crippen LogP contribution is 2.45. The summed E-state index contributed by atoms with van der Waals surface area (Å²) in [7, 11) is 1.55. The molecule has 3 heterocycles. The zero-order valence-corrected chi connectivity index (χ0v) is 22.5. The number of ether oxygens (including phenoxy) is 3. The Bertz CT molecular complexity index is 1660. The van der Waals surface area contributed by atoms with Crippen LogP contribution in [0.1, 0.15) is 36.6 Å². The lowest BCUT2D eigenvalue weighted by Gasteiger charge is -2.23. The summed E-state index contributed by atoms with van der Waals surface area (Å²) in [4.78, 5) is 33.2. The molecule has 198 valence electrons. The second-order valence-electron chi connectivity index (χ2n) is 9.46. The number of aromatic nitrogens is 1. The van der Waals surface area contributed by atoms with Gasteiger partial charge in [0.2, 0.25) is 0 Å². The molecule has 0 radical (unpaired) electrons. The van der Waals surface area contributed by atoms with Crippen LogP contribution in [0.2, 0.25) is 0 Å². The maximum Gasteiger partial charge on any atom is 0.301 e. The topological polar surface area (TPSA) is 98.2 Å². The molecular formula is C30H26N2O6S. The molecule has 1 amide bonds. The lowest BCUT2D eigenvalue weighted by molar-refractivity contribution is -0.132. The standard InChI is InChI=1S/C30H26N2O6S/c1-4-37-21-9-10-22-24(15-21)39-30(31-22)32-26(17-6-5-7-20(14-17)36-3)25(28(34)29(32)35)27(33)18-8-11-23-19(13-18)12-16(2)38-23/h5-11,13-16,26,33H,4,12H2,1-3H3/b27-25+/t16-,26+/m1/s1. The summed E-state index contributed by atoms with van der Waals surface area (Å²) in [6.07, 6.45) is 0.724. The molecule has 39 heavy (non-hydrogen) atoms. The fourth-order valence-corrected chi connectivity index (χ4v) is 6.15. The minimum absolute atomic E-state index is 0.00516. The van der Waals surface area contributed by atoms with Crippen molar-refractivity contribution in [2.45, 2.75) is 32.4 Å². The average molecular weight is 543 g/mol. The summed E-state index contributed by atoms with van der Waals surface area (Å²) >= 11 is 1.28. The Balaban J connectivity index is 1.52. The number of Topliss-reactive ketones (excluding diaryl/α,β-unsaturated/α-hetero) is 1. The molecule has 3 aromatic carbocycles. The zero-order valence-electron chi connectivity index (χ0n) is 21.6. The Morgan fingerprint density at radius 1 is 1.13 bits per heavy atom. The van der Waals surface area contributed by atoms with E-state index in [9.17, 15) is 14.7 Å². The molecule has 0 saturated carbocycles. The number of ketones is 1. The third kappa shape index (κ3) is 4.28. The van der Waals surface area contributed by atoms with Gasteiger partial charge in [0.25, 0.3) is 5.78 Å². The van der Waals surface area contributed by atoms with Gasteiger partial charge in [-0.3, -0.25) is 14.5 Å². The Morgan fingerprint density at radius 2 is 1.97 bits per heavy atom. The highest BCUT2D eigenvalue weighted by Gasteiger charge is 2.48. The molecule has 8 nitrogen and oxygen atoms in total. The number of hydrogen-bond donors (Lipinski definition) is 1. The van der Waals surface area contributed by atoms with E-state index < -0.39 is 17.7 Å². The number of hydrogen-bond acceptors (Lipinski definition) is 8. The molecule has 0 spiro atoms. The number of nitrogens with zero attached hydrogens (tertiary/aromatic N) is 2. The monoisotopic (exact) mass is 542 g/mol. The van der Waals surface area contributed by atoms with Crippen LogP contribution < -0.4 is 19.1 Å². The van der Waals surface area contributed by atoms with E-state index in [2.05, 4.69) is 4.98 Å². The van der Waals surface area contributed by atoms with E-state index in [4.69, 9.17) is 14.2 Å². The van der Waals surface area contributed by atoms with E-state index in [0.717, 1.165) is 16.0 Å². The Kier molecular flexibility index (Phi) is 6.23. The molecule has 9 heteroatoms. The van der Waals surface area contributed by atoms with Gasteiger partial charge in [0.05, 0.1) is 35.5 Å².